The molecule has 1 amide bonds. The Morgan fingerprint density at radius 1 is 0.414 bits per heavy atom. The quantitative estimate of drug-likeness (QED) is 0.0204. The summed E-state index contributed by atoms with van der Waals surface area (Å²) in [6.45, 7) is 2.78. The minimum absolute atomic E-state index is 0.251. The van der Waals surface area contributed by atoms with Crippen molar-refractivity contribution in [3.05, 3.63) is 72.9 Å². The molecule has 9 N–H and O–H groups in total. The molecule has 87 heavy (non-hydrogen) atoms. The average molecular weight is 1230 g/mol. The van der Waals surface area contributed by atoms with Gasteiger partial charge >= 0.3 is 0 Å². The molecule has 0 spiro atoms. The summed E-state index contributed by atoms with van der Waals surface area (Å²) in [6, 6.07) is -0.940. The molecule has 2 saturated heterocycles. The molecular weight excluding hydrogens is 1100 g/mol. The first-order valence-electron chi connectivity index (χ1n) is 35.7. The molecule has 12 atom stereocenters. The van der Waals surface area contributed by atoms with E-state index in [1.807, 2.05) is 6.08 Å². The van der Waals surface area contributed by atoms with Gasteiger partial charge in [0.15, 0.2) is 12.6 Å². The Kier molecular flexibility index (Phi) is 53.1. The first-order chi connectivity index (χ1) is 42.6. The molecule has 2 heterocycles. The van der Waals surface area contributed by atoms with Gasteiger partial charge in [0, 0.05) is 6.42 Å². The number of aliphatic hydroxyl groups is 8. The van der Waals surface area contributed by atoms with Gasteiger partial charge < -0.3 is 65.1 Å². The summed E-state index contributed by atoms with van der Waals surface area (Å²) in [4.78, 5) is 13.3. The van der Waals surface area contributed by atoms with Gasteiger partial charge in [-0.2, -0.15) is 0 Å². The van der Waals surface area contributed by atoms with Crippen LogP contribution in [0, 0.1) is 0 Å². The lowest BCUT2D eigenvalue weighted by molar-refractivity contribution is -0.359. The van der Waals surface area contributed by atoms with Crippen molar-refractivity contribution in [2.75, 3.05) is 19.8 Å². The summed E-state index contributed by atoms with van der Waals surface area (Å²) >= 11 is 0. The van der Waals surface area contributed by atoms with Crippen molar-refractivity contribution in [2.45, 2.75) is 364 Å². The molecule has 0 aromatic rings. The molecule has 14 heteroatoms. The van der Waals surface area contributed by atoms with Crippen LogP contribution in [0.5, 0.6) is 0 Å². The van der Waals surface area contributed by atoms with E-state index in [0.29, 0.717) is 12.8 Å². The van der Waals surface area contributed by atoms with Gasteiger partial charge in [-0.1, -0.05) is 273 Å². The van der Waals surface area contributed by atoms with Gasteiger partial charge in [-0.25, -0.2) is 0 Å². The number of unbranched alkanes of at least 4 members (excludes halogenated alkanes) is 35. The second-order valence-electron chi connectivity index (χ2n) is 25.0. The molecule has 0 aromatic carbocycles. The molecule has 2 fully saturated rings. The highest BCUT2D eigenvalue weighted by Crippen LogP contribution is 2.30. The summed E-state index contributed by atoms with van der Waals surface area (Å²) in [7, 11) is 0. The smallest absolute Gasteiger partial charge is 0.220 e. The van der Waals surface area contributed by atoms with E-state index in [1.165, 1.54) is 199 Å². The molecule has 0 aliphatic carbocycles. The number of aliphatic hydroxyl groups excluding tert-OH is 8. The van der Waals surface area contributed by atoms with Gasteiger partial charge in [0.1, 0.15) is 48.8 Å². The van der Waals surface area contributed by atoms with Gasteiger partial charge in [-0.3, -0.25) is 4.79 Å². The highest BCUT2D eigenvalue weighted by molar-refractivity contribution is 5.76. The number of carbonyl (C=O) groups excluding carboxylic acids is 1. The number of amides is 1. The van der Waals surface area contributed by atoms with E-state index >= 15 is 0 Å². The predicted octanol–water partition coefficient (Wildman–Crippen LogP) is 14.6. The molecule has 14 nitrogen and oxygen atoms in total. The van der Waals surface area contributed by atoms with Crippen LogP contribution in [-0.4, -0.2) is 140 Å². The van der Waals surface area contributed by atoms with Crippen LogP contribution < -0.4 is 5.32 Å². The Labute approximate surface area is 529 Å². The standard InChI is InChI=1S/C73H131NO13/c1-3-5-7-9-11-13-15-17-19-21-23-24-25-26-27-28-29-30-31-32-33-34-35-36-37-38-39-41-43-45-47-49-51-53-55-57-65(78)74-61(62(77)56-54-52-50-48-46-44-42-40-22-20-18-16-14-12-10-8-6-4-2)60-84-72-70(83)68(81)71(64(59-76)86-72)87-73-69(82)67(80)66(79)63(58-75)85-73/h15,17,21-23,25-26,40,46,48,54,56,61-64,66-73,75-77,79-83H,3-14,16,18-20,24,27-39,41-45,47,49-53,55,57-60H2,1-2H3,(H,74,78)/b17-15-,23-21-,26-25-,40-22+,48-46+,56-54+. The maximum Gasteiger partial charge on any atom is 0.220 e. The average Bonchev–Trinajstić information content (AvgIpc) is 3.71. The second kappa shape index (κ2) is 57.3. The van der Waals surface area contributed by atoms with E-state index in [0.717, 1.165) is 57.8 Å². The largest absolute Gasteiger partial charge is 0.394 e. The van der Waals surface area contributed by atoms with E-state index in [4.69, 9.17) is 18.9 Å². The number of nitrogens with one attached hydrogen (secondary N) is 1. The van der Waals surface area contributed by atoms with E-state index in [1.54, 1.807) is 6.08 Å². The van der Waals surface area contributed by atoms with Gasteiger partial charge in [0.25, 0.3) is 0 Å². The van der Waals surface area contributed by atoms with Crippen LogP contribution in [0.15, 0.2) is 72.9 Å². The normalized spacial score (nSPS) is 23.7. The number of hydrogen-bond acceptors (Lipinski definition) is 13. The van der Waals surface area contributed by atoms with E-state index < -0.39 is 86.8 Å². The summed E-state index contributed by atoms with van der Waals surface area (Å²) in [6.07, 6.45) is 61.1. The van der Waals surface area contributed by atoms with E-state index in [-0.39, 0.29) is 18.9 Å². The van der Waals surface area contributed by atoms with Crippen molar-refractivity contribution in [3.63, 3.8) is 0 Å². The van der Waals surface area contributed by atoms with E-state index in [2.05, 4.69) is 79.9 Å². The summed E-state index contributed by atoms with van der Waals surface area (Å²) in [5.41, 5.74) is 0. The van der Waals surface area contributed by atoms with Gasteiger partial charge in [-0.05, 0) is 83.5 Å². The molecule has 506 valence electrons. The molecule has 12 unspecified atom stereocenters. The zero-order valence-electron chi connectivity index (χ0n) is 55.0. The minimum Gasteiger partial charge on any atom is -0.394 e. The molecule has 2 aliphatic heterocycles. The fraction of sp³-hybridized carbons (Fsp3) is 0.822. The van der Waals surface area contributed by atoms with Crippen LogP contribution >= 0.6 is 0 Å². The Bertz CT molecular complexity index is 1740. The zero-order chi connectivity index (χ0) is 63.1. The van der Waals surface area contributed by atoms with Crippen LogP contribution in [-0.2, 0) is 23.7 Å². The van der Waals surface area contributed by atoms with Crippen LogP contribution in [0.1, 0.15) is 290 Å². The minimum atomic E-state index is -1.79. The lowest BCUT2D eigenvalue weighted by Gasteiger charge is -2.46. The Morgan fingerprint density at radius 2 is 0.770 bits per heavy atom. The summed E-state index contributed by atoms with van der Waals surface area (Å²) in [5, 5.41) is 87.3. The molecule has 0 radical (unpaired) electrons. The lowest BCUT2D eigenvalue weighted by atomic mass is 9.97. The van der Waals surface area contributed by atoms with Crippen molar-refractivity contribution in [3.8, 4) is 0 Å². The van der Waals surface area contributed by atoms with Gasteiger partial charge in [0.2, 0.25) is 5.91 Å². The third-order valence-electron chi connectivity index (χ3n) is 17.1. The number of hydrogen-bond donors (Lipinski definition) is 9. The van der Waals surface area contributed by atoms with E-state index in [9.17, 15) is 45.6 Å². The first kappa shape index (κ1) is 80.5. The number of carbonyl (C=O) groups is 1. The van der Waals surface area contributed by atoms with Crippen molar-refractivity contribution in [1.82, 2.24) is 5.32 Å². The monoisotopic (exact) mass is 1230 g/mol. The zero-order valence-corrected chi connectivity index (χ0v) is 55.0. The van der Waals surface area contributed by atoms with Crippen LogP contribution in [0.3, 0.4) is 0 Å². The molecule has 2 aliphatic rings. The lowest BCUT2D eigenvalue weighted by Crippen LogP contribution is -2.65. The van der Waals surface area contributed by atoms with Crippen LogP contribution in [0.4, 0.5) is 0 Å². The Morgan fingerprint density at radius 3 is 1.21 bits per heavy atom. The Balaban J connectivity index is 1.63. The van der Waals surface area contributed by atoms with Crippen LogP contribution in [0.2, 0.25) is 0 Å². The summed E-state index contributed by atoms with van der Waals surface area (Å²) < 4.78 is 22.8. The SMILES string of the molecule is CCCCCCC/C=C\C/C=C\C/C=C\CCCCCCCCCCCCCCCCCCCCCCC(=O)NC(COC1OC(CO)C(OC2OC(CO)C(O)C(O)C2O)C(O)C1O)C(O)/C=C/CC/C=C/CC/C=C/CCCCCCCCCC. The van der Waals surface area contributed by atoms with Crippen LogP contribution in [0.25, 0.3) is 0 Å². The molecule has 0 aromatic heterocycles. The van der Waals surface area contributed by atoms with Crippen molar-refractivity contribution >= 4 is 5.91 Å². The van der Waals surface area contributed by atoms with Crippen molar-refractivity contribution in [1.29, 1.82) is 0 Å². The highest BCUT2D eigenvalue weighted by atomic mass is 16.7. The van der Waals surface area contributed by atoms with Crippen molar-refractivity contribution in [2.24, 2.45) is 0 Å². The maximum atomic E-state index is 13.3. The molecule has 0 bridgehead atoms. The predicted molar refractivity (Wildman–Crippen MR) is 355 cm³/mol. The fourth-order valence-corrected chi connectivity index (χ4v) is 11.4. The van der Waals surface area contributed by atoms with Gasteiger partial charge in [-0.15, -0.1) is 0 Å². The highest BCUT2D eigenvalue weighted by Gasteiger charge is 2.51. The third kappa shape index (κ3) is 41.5. The number of rotatable bonds is 58. The van der Waals surface area contributed by atoms with Crippen molar-refractivity contribution < 1.29 is 64.6 Å². The summed E-state index contributed by atoms with van der Waals surface area (Å²) in [5.74, 6) is -0.251. The topological polar surface area (TPSA) is 228 Å². The number of allylic oxidation sites excluding steroid dienone is 11. The molecule has 0 saturated carbocycles. The van der Waals surface area contributed by atoms with Gasteiger partial charge in [0.05, 0.1) is 32.0 Å². The third-order valence-corrected chi connectivity index (χ3v) is 17.1. The Hall–Kier alpha value is -2.57. The first-order valence-corrected chi connectivity index (χ1v) is 35.7. The molecule has 2 rings (SSSR count). The number of ether oxygens (including phenoxy) is 4. The fourth-order valence-electron chi connectivity index (χ4n) is 11.4. The molecular formula is C73H131NO13. The second-order valence-corrected chi connectivity index (χ2v) is 25.0. The maximum absolute atomic E-state index is 13.3.